The molecule has 2 amide bonds. The number of anilines is 1. The minimum atomic E-state index is -0.337. The average molecular weight is 309 g/mol. The number of benzene rings is 1. The number of aromatic nitrogens is 1. The monoisotopic (exact) mass is 309 g/mol. The van der Waals surface area contributed by atoms with Crippen LogP contribution in [0.1, 0.15) is 24.9 Å². The molecule has 1 aliphatic rings. The molecule has 23 heavy (non-hydrogen) atoms. The number of amides is 2. The van der Waals surface area contributed by atoms with Crippen molar-refractivity contribution in [1.29, 1.82) is 0 Å². The Labute approximate surface area is 135 Å². The summed E-state index contributed by atoms with van der Waals surface area (Å²) in [4.78, 5) is 30.5. The van der Waals surface area contributed by atoms with Crippen molar-refractivity contribution in [1.82, 2.24) is 9.88 Å². The minimum Gasteiger partial charge on any atom is -0.335 e. The van der Waals surface area contributed by atoms with Crippen molar-refractivity contribution in [2.24, 2.45) is 5.92 Å². The molecular weight excluding hydrogens is 290 g/mol. The number of carbonyl (C=O) groups is 2. The SMILES string of the molecule is C[C@H](c1ccccc1)N1C[C@@H](C(=O)Nc2ccccn2)CC1=O. The first-order chi connectivity index (χ1) is 11.1. The van der Waals surface area contributed by atoms with Crippen LogP contribution in [0.25, 0.3) is 0 Å². The molecule has 0 aliphatic carbocycles. The topological polar surface area (TPSA) is 62.3 Å². The Hall–Kier alpha value is -2.69. The lowest BCUT2D eigenvalue weighted by Crippen LogP contribution is -2.30. The van der Waals surface area contributed by atoms with E-state index in [1.54, 1.807) is 23.2 Å². The Kier molecular flexibility index (Phi) is 4.37. The van der Waals surface area contributed by atoms with E-state index in [1.807, 2.05) is 43.3 Å². The molecule has 2 aromatic rings. The molecule has 1 aromatic carbocycles. The first-order valence-corrected chi connectivity index (χ1v) is 7.71. The second-order valence-corrected chi connectivity index (χ2v) is 5.74. The zero-order valence-electron chi connectivity index (χ0n) is 13.0. The van der Waals surface area contributed by atoms with E-state index in [1.165, 1.54) is 0 Å². The maximum Gasteiger partial charge on any atom is 0.230 e. The molecule has 1 aliphatic heterocycles. The highest BCUT2D eigenvalue weighted by molar-refractivity contribution is 5.96. The Bertz CT molecular complexity index is 688. The van der Waals surface area contributed by atoms with Gasteiger partial charge >= 0.3 is 0 Å². The second-order valence-electron chi connectivity index (χ2n) is 5.74. The van der Waals surface area contributed by atoms with E-state index in [-0.39, 0.29) is 30.2 Å². The fourth-order valence-corrected chi connectivity index (χ4v) is 2.86. The van der Waals surface area contributed by atoms with Gasteiger partial charge in [-0.1, -0.05) is 36.4 Å². The van der Waals surface area contributed by atoms with Crippen LogP contribution in [0.3, 0.4) is 0 Å². The van der Waals surface area contributed by atoms with Crippen LogP contribution in [0, 0.1) is 5.92 Å². The minimum absolute atomic E-state index is 0.0162. The van der Waals surface area contributed by atoms with Gasteiger partial charge in [0.1, 0.15) is 5.82 Å². The smallest absolute Gasteiger partial charge is 0.230 e. The number of carbonyl (C=O) groups excluding carboxylic acids is 2. The molecule has 0 unspecified atom stereocenters. The quantitative estimate of drug-likeness (QED) is 0.944. The summed E-state index contributed by atoms with van der Waals surface area (Å²) in [5, 5.41) is 2.77. The molecule has 118 valence electrons. The molecule has 1 saturated heterocycles. The van der Waals surface area contributed by atoms with E-state index >= 15 is 0 Å². The van der Waals surface area contributed by atoms with Gasteiger partial charge in [0.05, 0.1) is 12.0 Å². The number of hydrogen-bond donors (Lipinski definition) is 1. The molecule has 1 aromatic heterocycles. The fourth-order valence-electron chi connectivity index (χ4n) is 2.86. The first-order valence-electron chi connectivity index (χ1n) is 7.71. The summed E-state index contributed by atoms with van der Waals surface area (Å²) in [5.41, 5.74) is 1.08. The Morgan fingerprint density at radius 1 is 1.22 bits per heavy atom. The number of pyridine rings is 1. The van der Waals surface area contributed by atoms with Gasteiger partial charge in [0.25, 0.3) is 0 Å². The molecule has 2 atom stereocenters. The van der Waals surface area contributed by atoms with Gasteiger partial charge in [0.2, 0.25) is 11.8 Å². The third-order valence-corrected chi connectivity index (χ3v) is 4.19. The normalized spacial score (nSPS) is 18.7. The largest absolute Gasteiger partial charge is 0.335 e. The van der Waals surface area contributed by atoms with Crippen molar-refractivity contribution in [3.05, 3.63) is 60.3 Å². The zero-order valence-corrected chi connectivity index (χ0v) is 13.0. The molecule has 3 rings (SSSR count). The van der Waals surface area contributed by atoms with E-state index in [9.17, 15) is 9.59 Å². The van der Waals surface area contributed by atoms with Crippen molar-refractivity contribution >= 4 is 17.6 Å². The predicted molar refractivity (Wildman–Crippen MR) is 87.5 cm³/mol. The first kappa shape index (κ1) is 15.2. The molecule has 0 radical (unpaired) electrons. The van der Waals surface area contributed by atoms with Gasteiger partial charge in [0.15, 0.2) is 0 Å². The van der Waals surface area contributed by atoms with Crippen LogP contribution in [0.15, 0.2) is 54.7 Å². The number of nitrogens with one attached hydrogen (secondary N) is 1. The third-order valence-electron chi connectivity index (χ3n) is 4.19. The molecule has 2 heterocycles. The number of rotatable bonds is 4. The summed E-state index contributed by atoms with van der Waals surface area (Å²) in [6, 6.07) is 15.2. The van der Waals surface area contributed by atoms with Crippen LogP contribution in [-0.2, 0) is 9.59 Å². The van der Waals surface area contributed by atoms with Gasteiger partial charge in [-0.15, -0.1) is 0 Å². The Morgan fingerprint density at radius 2 is 1.96 bits per heavy atom. The zero-order chi connectivity index (χ0) is 16.2. The highest BCUT2D eigenvalue weighted by Gasteiger charge is 2.37. The average Bonchev–Trinajstić information content (AvgIpc) is 2.98. The molecule has 0 saturated carbocycles. The van der Waals surface area contributed by atoms with Gasteiger partial charge in [-0.3, -0.25) is 9.59 Å². The van der Waals surface area contributed by atoms with Gasteiger partial charge in [0, 0.05) is 19.2 Å². The molecule has 0 spiro atoms. The van der Waals surface area contributed by atoms with E-state index in [0.717, 1.165) is 5.56 Å². The van der Waals surface area contributed by atoms with Crippen molar-refractivity contribution in [3.8, 4) is 0 Å². The third kappa shape index (κ3) is 3.39. The molecular formula is C18H19N3O2. The second kappa shape index (κ2) is 6.60. The molecule has 1 fully saturated rings. The highest BCUT2D eigenvalue weighted by atomic mass is 16.2. The van der Waals surface area contributed by atoms with E-state index in [4.69, 9.17) is 0 Å². The standard InChI is InChI=1S/C18H19N3O2/c1-13(14-7-3-2-4-8-14)21-12-15(11-17(21)22)18(23)20-16-9-5-6-10-19-16/h2-10,13,15H,11-12H2,1H3,(H,19,20,23)/t13-,15+/m1/s1. The van der Waals surface area contributed by atoms with Gasteiger partial charge in [-0.2, -0.15) is 0 Å². The molecule has 5 heteroatoms. The number of hydrogen-bond acceptors (Lipinski definition) is 3. The van der Waals surface area contributed by atoms with Crippen LogP contribution in [-0.4, -0.2) is 28.2 Å². The number of nitrogens with zero attached hydrogens (tertiary/aromatic N) is 2. The van der Waals surface area contributed by atoms with Gasteiger partial charge in [-0.25, -0.2) is 4.98 Å². The Morgan fingerprint density at radius 3 is 2.65 bits per heavy atom. The van der Waals surface area contributed by atoms with Crippen LogP contribution in [0.5, 0.6) is 0 Å². The molecule has 5 nitrogen and oxygen atoms in total. The maximum atomic E-state index is 12.3. The van der Waals surface area contributed by atoms with Crippen molar-refractivity contribution in [2.75, 3.05) is 11.9 Å². The van der Waals surface area contributed by atoms with E-state index in [2.05, 4.69) is 10.3 Å². The van der Waals surface area contributed by atoms with Crippen molar-refractivity contribution < 1.29 is 9.59 Å². The van der Waals surface area contributed by atoms with Crippen molar-refractivity contribution in [2.45, 2.75) is 19.4 Å². The van der Waals surface area contributed by atoms with Crippen LogP contribution in [0.2, 0.25) is 0 Å². The Balaban J connectivity index is 1.66. The predicted octanol–water partition coefficient (Wildman–Crippen LogP) is 2.63. The van der Waals surface area contributed by atoms with Gasteiger partial charge in [-0.05, 0) is 24.6 Å². The van der Waals surface area contributed by atoms with E-state index < -0.39 is 0 Å². The van der Waals surface area contributed by atoms with E-state index in [0.29, 0.717) is 12.4 Å². The molecule has 1 N–H and O–H groups in total. The van der Waals surface area contributed by atoms with Crippen LogP contribution >= 0.6 is 0 Å². The molecule has 0 bridgehead atoms. The highest BCUT2D eigenvalue weighted by Crippen LogP contribution is 2.28. The van der Waals surface area contributed by atoms with Crippen molar-refractivity contribution in [3.63, 3.8) is 0 Å². The summed E-state index contributed by atoms with van der Waals surface area (Å²) < 4.78 is 0. The lowest BCUT2D eigenvalue weighted by atomic mass is 10.1. The van der Waals surface area contributed by atoms with Gasteiger partial charge < -0.3 is 10.2 Å². The van der Waals surface area contributed by atoms with Crippen LogP contribution in [0.4, 0.5) is 5.82 Å². The maximum absolute atomic E-state index is 12.3. The fraction of sp³-hybridized carbons (Fsp3) is 0.278. The number of likely N-dealkylation sites (tertiary alicyclic amines) is 1. The summed E-state index contributed by atoms with van der Waals surface area (Å²) in [6.45, 7) is 2.43. The summed E-state index contributed by atoms with van der Waals surface area (Å²) in [6.07, 6.45) is 1.87. The van der Waals surface area contributed by atoms with Crippen LogP contribution < -0.4 is 5.32 Å². The summed E-state index contributed by atoms with van der Waals surface area (Å²) in [5.74, 6) is 0.0394. The lowest BCUT2D eigenvalue weighted by Gasteiger charge is -2.25. The summed E-state index contributed by atoms with van der Waals surface area (Å²) >= 11 is 0. The lowest BCUT2D eigenvalue weighted by molar-refractivity contribution is -0.129. The summed E-state index contributed by atoms with van der Waals surface area (Å²) in [7, 11) is 0.